The van der Waals surface area contributed by atoms with Crippen LogP contribution in [0.15, 0.2) is 97.2 Å². The highest BCUT2D eigenvalue weighted by Gasteiger charge is 2.21. The average Bonchev–Trinajstić information content (AvgIpc) is 3.05. The normalized spacial score (nSPS) is 11.3. The minimum Gasteiger partial charge on any atom is -0.236 e. The molecule has 0 spiro atoms. The summed E-state index contributed by atoms with van der Waals surface area (Å²) < 4.78 is 4.56. The van der Waals surface area contributed by atoms with Gasteiger partial charge in [0.05, 0.1) is 18.6 Å². The zero-order chi connectivity index (χ0) is 17.5. The molecule has 2 nitrogen and oxygen atoms in total. The second kappa shape index (κ2) is 5.85. The first kappa shape index (κ1) is 14.9. The van der Waals surface area contributed by atoms with Crippen LogP contribution < -0.4 is 4.57 Å². The molecule has 0 atom stereocenters. The number of pyridine rings is 1. The molecule has 0 aliphatic carbocycles. The summed E-state index contributed by atoms with van der Waals surface area (Å²) in [6, 6.07) is 32.3. The summed E-state index contributed by atoms with van der Waals surface area (Å²) in [5.41, 5.74) is 6.08. The molecule has 0 amide bonds. The van der Waals surface area contributed by atoms with E-state index in [-0.39, 0.29) is 0 Å². The van der Waals surface area contributed by atoms with E-state index in [1.54, 1.807) is 0 Å². The van der Waals surface area contributed by atoms with Crippen LogP contribution in [0.3, 0.4) is 0 Å². The van der Waals surface area contributed by atoms with Crippen molar-refractivity contribution in [1.82, 2.24) is 4.57 Å². The van der Waals surface area contributed by atoms with Gasteiger partial charge in [-0.25, -0.2) is 4.57 Å². The van der Waals surface area contributed by atoms with Gasteiger partial charge in [-0.1, -0.05) is 54.6 Å². The number of fused-ring (bicyclic) bond motifs is 3. The van der Waals surface area contributed by atoms with E-state index in [2.05, 4.69) is 113 Å². The number of aryl methyl sites for hydroxylation is 1. The molecule has 0 aliphatic rings. The third kappa shape index (κ3) is 2.23. The minimum atomic E-state index is 1.18. The van der Waals surface area contributed by atoms with Crippen LogP contribution in [0.2, 0.25) is 0 Å². The van der Waals surface area contributed by atoms with Crippen molar-refractivity contribution < 1.29 is 4.57 Å². The fourth-order valence-electron chi connectivity index (χ4n) is 3.82. The second-order valence-corrected chi connectivity index (χ2v) is 6.63. The Morgan fingerprint density at radius 2 is 1.38 bits per heavy atom. The van der Waals surface area contributed by atoms with Gasteiger partial charge in [0.1, 0.15) is 11.2 Å². The molecule has 0 bridgehead atoms. The maximum absolute atomic E-state index is 2.36. The second-order valence-electron chi connectivity index (χ2n) is 6.63. The van der Waals surface area contributed by atoms with Crippen molar-refractivity contribution in [3.63, 3.8) is 0 Å². The summed E-state index contributed by atoms with van der Waals surface area (Å²) in [6.07, 6.45) is 2.11. The van der Waals surface area contributed by atoms with Crippen LogP contribution in [0.25, 0.3) is 38.8 Å². The molecule has 2 heterocycles. The Kier molecular flexibility index (Phi) is 3.36. The van der Waals surface area contributed by atoms with Gasteiger partial charge in [-0.05, 0) is 47.5 Å². The molecule has 124 valence electrons. The largest absolute Gasteiger partial charge is 0.294 e. The molecule has 2 aromatic heterocycles. The van der Waals surface area contributed by atoms with Gasteiger partial charge >= 0.3 is 0 Å². The molecule has 5 aromatic rings. The summed E-state index contributed by atoms with van der Waals surface area (Å²) in [4.78, 5) is 0. The maximum atomic E-state index is 2.36. The van der Waals surface area contributed by atoms with E-state index in [1.807, 2.05) is 0 Å². The standard InChI is InChI=1S/C24H19N2/c1-25-16-8-14-22-21-13-5-6-15-23(21)26(24(22)25)20-12-7-11-19(17-20)18-9-3-2-4-10-18/h2-17H,1H3/q+1. The lowest BCUT2D eigenvalue weighted by Gasteiger charge is -2.06. The predicted octanol–water partition coefficient (Wildman–Crippen LogP) is 5.28. The topological polar surface area (TPSA) is 8.81 Å². The van der Waals surface area contributed by atoms with Crippen molar-refractivity contribution in [2.24, 2.45) is 7.05 Å². The van der Waals surface area contributed by atoms with Gasteiger partial charge in [-0.3, -0.25) is 0 Å². The molecular weight excluding hydrogens is 316 g/mol. The molecule has 5 rings (SSSR count). The third-order valence-electron chi connectivity index (χ3n) is 5.01. The van der Waals surface area contributed by atoms with Crippen molar-refractivity contribution >= 4 is 21.9 Å². The Balaban J connectivity index is 1.85. The number of benzene rings is 3. The van der Waals surface area contributed by atoms with Gasteiger partial charge in [-0.15, -0.1) is 0 Å². The fourth-order valence-corrected chi connectivity index (χ4v) is 3.82. The molecule has 0 fully saturated rings. The molecule has 0 saturated heterocycles. The highest BCUT2D eigenvalue weighted by atomic mass is 15.1. The third-order valence-corrected chi connectivity index (χ3v) is 5.01. The number of aromatic nitrogens is 2. The summed E-state index contributed by atoms with van der Waals surface area (Å²) in [5, 5.41) is 2.56. The Bertz CT molecular complexity index is 1230. The van der Waals surface area contributed by atoms with E-state index < -0.39 is 0 Å². The van der Waals surface area contributed by atoms with E-state index in [4.69, 9.17) is 0 Å². The molecular formula is C24H19N2+. The van der Waals surface area contributed by atoms with Gasteiger partial charge in [0, 0.05) is 5.39 Å². The summed E-state index contributed by atoms with van der Waals surface area (Å²) >= 11 is 0. The van der Waals surface area contributed by atoms with E-state index in [9.17, 15) is 0 Å². The average molecular weight is 335 g/mol. The molecule has 0 N–H and O–H groups in total. The summed E-state index contributed by atoms with van der Waals surface area (Å²) in [6.45, 7) is 0. The van der Waals surface area contributed by atoms with Crippen LogP contribution in [0.5, 0.6) is 0 Å². The lowest BCUT2D eigenvalue weighted by atomic mass is 10.1. The van der Waals surface area contributed by atoms with Gasteiger partial charge in [-0.2, -0.15) is 4.57 Å². The first-order chi connectivity index (χ1) is 12.8. The maximum Gasteiger partial charge on any atom is 0.294 e. The number of rotatable bonds is 2. The van der Waals surface area contributed by atoms with Gasteiger partial charge in [0.25, 0.3) is 5.65 Å². The lowest BCUT2D eigenvalue weighted by molar-refractivity contribution is -0.647. The van der Waals surface area contributed by atoms with Gasteiger partial charge < -0.3 is 0 Å². The molecule has 3 aromatic carbocycles. The molecule has 2 heteroatoms. The molecule has 26 heavy (non-hydrogen) atoms. The Morgan fingerprint density at radius 1 is 0.654 bits per heavy atom. The van der Waals surface area contributed by atoms with Crippen LogP contribution in [0, 0.1) is 0 Å². The zero-order valence-corrected chi connectivity index (χ0v) is 14.6. The molecule has 0 aliphatic heterocycles. The van der Waals surface area contributed by atoms with E-state index in [0.29, 0.717) is 0 Å². The number of para-hydroxylation sites is 1. The zero-order valence-electron chi connectivity index (χ0n) is 14.6. The Morgan fingerprint density at radius 3 is 2.27 bits per heavy atom. The lowest BCUT2D eigenvalue weighted by Crippen LogP contribution is -2.30. The number of nitrogens with zero attached hydrogens (tertiary/aromatic N) is 2. The first-order valence-electron chi connectivity index (χ1n) is 8.86. The number of hydrogen-bond acceptors (Lipinski definition) is 0. The summed E-state index contributed by atoms with van der Waals surface area (Å²) in [5.74, 6) is 0. The van der Waals surface area contributed by atoms with Crippen LogP contribution in [-0.2, 0) is 7.05 Å². The van der Waals surface area contributed by atoms with E-state index in [1.165, 1.54) is 38.8 Å². The molecule has 0 saturated carbocycles. The smallest absolute Gasteiger partial charge is 0.236 e. The monoisotopic (exact) mass is 335 g/mol. The summed E-state index contributed by atoms with van der Waals surface area (Å²) in [7, 11) is 2.11. The fraction of sp³-hybridized carbons (Fsp3) is 0.0417. The Hall–Kier alpha value is -3.39. The Labute approximate surface area is 152 Å². The van der Waals surface area contributed by atoms with E-state index >= 15 is 0 Å². The van der Waals surface area contributed by atoms with Crippen molar-refractivity contribution in [2.75, 3.05) is 0 Å². The molecule has 0 radical (unpaired) electrons. The van der Waals surface area contributed by atoms with E-state index in [0.717, 1.165) is 0 Å². The minimum absolute atomic E-state index is 1.18. The van der Waals surface area contributed by atoms with Gasteiger partial charge in [0.2, 0.25) is 0 Å². The van der Waals surface area contributed by atoms with Crippen LogP contribution in [0.1, 0.15) is 0 Å². The van der Waals surface area contributed by atoms with Crippen LogP contribution in [-0.4, -0.2) is 4.57 Å². The van der Waals surface area contributed by atoms with Crippen molar-refractivity contribution in [2.45, 2.75) is 0 Å². The van der Waals surface area contributed by atoms with Crippen molar-refractivity contribution in [3.05, 3.63) is 97.2 Å². The number of hydrogen-bond donors (Lipinski definition) is 0. The van der Waals surface area contributed by atoms with Crippen LogP contribution in [0.4, 0.5) is 0 Å². The highest BCUT2D eigenvalue weighted by Crippen LogP contribution is 2.31. The quantitative estimate of drug-likeness (QED) is 0.388. The predicted molar refractivity (Wildman–Crippen MR) is 107 cm³/mol. The van der Waals surface area contributed by atoms with Crippen LogP contribution >= 0.6 is 0 Å². The van der Waals surface area contributed by atoms with Gasteiger partial charge in [0.15, 0.2) is 0 Å². The first-order valence-corrected chi connectivity index (χ1v) is 8.86. The SMILES string of the molecule is C[n+]1cccc2c3ccccc3n(-c3cccc(-c4ccccc4)c3)c21. The van der Waals surface area contributed by atoms with Crippen molar-refractivity contribution in [3.8, 4) is 16.8 Å². The molecule has 0 unspecified atom stereocenters. The highest BCUT2D eigenvalue weighted by molar-refractivity contribution is 6.06. The van der Waals surface area contributed by atoms with Crippen molar-refractivity contribution in [1.29, 1.82) is 0 Å².